The van der Waals surface area contributed by atoms with E-state index in [0.29, 0.717) is 12.6 Å². The van der Waals surface area contributed by atoms with Crippen molar-refractivity contribution in [1.82, 2.24) is 15.0 Å². The highest BCUT2D eigenvalue weighted by Gasteiger charge is 2.17. The maximum atomic E-state index is 5.81. The number of halogens is 1. The van der Waals surface area contributed by atoms with Crippen molar-refractivity contribution in [3.63, 3.8) is 0 Å². The van der Waals surface area contributed by atoms with Gasteiger partial charge in [-0.1, -0.05) is 12.7 Å². The maximum absolute atomic E-state index is 5.81. The van der Waals surface area contributed by atoms with Gasteiger partial charge in [0.25, 0.3) is 0 Å². The van der Waals surface area contributed by atoms with E-state index < -0.39 is 0 Å². The Balaban J connectivity index is 2.17. The number of nitrogens with zero attached hydrogens (tertiary/aromatic N) is 4. The molecule has 1 saturated heterocycles. The van der Waals surface area contributed by atoms with Crippen LogP contribution in [-0.2, 0) is 0 Å². The Labute approximate surface area is 99.1 Å². The highest BCUT2D eigenvalue weighted by Crippen LogP contribution is 2.19. The number of aromatic nitrogens is 3. The Kier molecular flexibility index (Phi) is 3.56. The van der Waals surface area contributed by atoms with Gasteiger partial charge in [-0.3, -0.25) is 0 Å². The van der Waals surface area contributed by atoms with E-state index in [1.807, 2.05) is 0 Å². The Morgan fingerprint density at radius 2 is 2.06 bits per heavy atom. The molecule has 0 unspecified atom stereocenters. The lowest BCUT2D eigenvalue weighted by atomic mass is 10.4. The zero-order valence-corrected chi connectivity index (χ0v) is 9.65. The molecule has 86 valence electrons. The largest absolute Gasteiger partial charge is 0.459 e. The first kappa shape index (κ1) is 11.1. The topological polar surface area (TPSA) is 51.1 Å². The van der Waals surface area contributed by atoms with E-state index >= 15 is 0 Å². The summed E-state index contributed by atoms with van der Waals surface area (Å²) in [5.74, 6) is 0.594. The number of hydrogen-bond donors (Lipinski definition) is 0. The molecule has 0 saturated carbocycles. The number of ether oxygens (including phenoxy) is 1. The summed E-state index contributed by atoms with van der Waals surface area (Å²) in [7, 11) is 0. The van der Waals surface area contributed by atoms with Gasteiger partial charge in [0.2, 0.25) is 11.2 Å². The quantitative estimate of drug-likeness (QED) is 0.750. The number of rotatable bonds is 4. The molecule has 0 amide bonds. The minimum absolute atomic E-state index is 0.163. The first-order valence-electron chi connectivity index (χ1n) is 5.20. The predicted molar refractivity (Wildman–Crippen MR) is 62.0 cm³/mol. The molecular formula is C10H13ClN4O. The molecule has 6 heteroatoms. The van der Waals surface area contributed by atoms with Gasteiger partial charge >= 0.3 is 6.01 Å². The van der Waals surface area contributed by atoms with E-state index in [0.717, 1.165) is 25.9 Å². The van der Waals surface area contributed by atoms with E-state index in [-0.39, 0.29) is 11.3 Å². The fraction of sp³-hybridized carbons (Fsp3) is 0.500. The Morgan fingerprint density at radius 1 is 1.31 bits per heavy atom. The second-order valence-corrected chi connectivity index (χ2v) is 3.82. The average molecular weight is 241 g/mol. The van der Waals surface area contributed by atoms with Crippen molar-refractivity contribution in [3.05, 3.63) is 17.9 Å². The van der Waals surface area contributed by atoms with Crippen LogP contribution in [0.1, 0.15) is 12.8 Å². The van der Waals surface area contributed by atoms with Crippen LogP contribution in [0.15, 0.2) is 12.7 Å². The minimum atomic E-state index is 0.163. The zero-order chi connectivity index (χ0) is 11.4. The molecule has 16 heavy (non-hydrogen) atoms. The third kappa shape index (κ3) is 2.61. The molecule has 1 aromatic heterocycles. The molecule has 0 radical (unpaired) electrons. The Hall–Kier alpha value is -1.36. The summed E-state index contributed by atoms with van der Waals surface area (Å²) in [6, 6.07) is 0.252. The van der Waals surface area contributed by atoms with Gasteiger partial charge in [0.05, 0.1) is 0 Å². The van der Waals surface area contributed by atoms with Crippen molar-refractivity contribution in [3.8, 4) is 6.01 Å². The fourth-order valence-electron chi connectivity index (χ4n) is 1.58. The molecule has 0 aromatic carbocycles. The average Bonchev–Trinajstić information content (AvgIpc) is 2.79. The van der Waals surface area contributed by atoms with Crippen LogP contribution in [0.2, 0.25) is 5.28 Å². The monoisotopic (exact) mass is 240 g/mol. The maximum Gasteiger partial charge on any atom is 0.322 e. The summed E-state index contributed by atoms with van der Waals surface area (Å²) >= 11 is 5.81. The van der Waals surface area contributed by atoms with Gasteiger partial charge in [0.15, 0.2) is 0 Å². The second-order valence-electron chi connectivity index (χ2n) is 3.48. The van der Waals surface area contributed by atoms with E-state index in [1.54, 1.807) is 6.08 Å². The van der Waals surface area contributed by atoms with E-state index in [2.05, 4.69) is 26.4 Å². The zero-order valence-electron chi connectivity index (χ0n) is 8.90. The normalized spacial score (nSPS) is 15.2. The minimum Gasteiger partial charge on any atom is -0.459 e. The van der Waals surface area contributed by atoms with Crippen LogP contribution < -0.4 is 9.64 Å². The van der Waals surface area contributed by atoms with E-state index in [4.69, 9.17) is 16.3 Å². The highest BCUT2D eigenvalue weighted by atomic mass is 35.5. The molecule has 1 aliphatic heterocycles. The van der Waals surface area contributed by atoms with Crippen LogP contribution in [0, 0.1) is 0 Å². The number of hydrogen-bond acceptors (Lipinski definition) is 5. The molecule has 1 fully saturated rings. The van der Waals surface area contributed by atoms with Crippen LogP contribution in [0.3, 0.4) is 0 Å². The van der Waals surface area contributed by atoms with Crippen molar-refractivity contribution in [2.75, 3.05) is 24.6 Å². The van der Waals surface area contributed by atoms with Crippen LogP contribution in [0.25, 0.3) is 0 Å². The summed E-state index contributed by atoms with van der Waals surface area (Å²) in [5, 5.41) is 0.163. The molecule has 0 aliphatic carbocycles. The molecular weight excluding hydrogens is 228 g/mol. The Morgan fingerprint density at radius 3 is 2.75 bits per heavy atom. The third-order valence-electron chi connectivity index (χ3n) is 2.29. The van der Waals surface area contributed by atoms with Crippen molar-refractivity contribution in [2.24, 2.45) is 0 Å². The van der Waals surface area contributed by atoms with Gasteiger partial charge in [-0.2, -0.15) is 15.0 Å². The molecule has 0 atom stereocenters. The molecule has 2 heterocycles. The summed E-state index contributed by atoms with van der Waals surface area (Å²) < 4.78 is 5.24. The second kappa shape index (κ2) is 5.12. The lowest BCUT2D eigenvalue weighted by Gasteiger charge is -2.15. The smallest absolute Gasteiger partial charge is 0.322 e. The van der Waals surface area contributed by atoms with Gasteiger partial charge in [0.1, 0.15) is 6.61 Å². The van der Waals surface area contributed by atoms with Crippen molar-refractivity contribution in [2.45, 2.75) is 12.8 Å². The van der Waals surface area contributed by atoms with Gasteiger partial charge in [-0.05, 0) is 24.4 Å². The molecule has 1 aliphatic rings. The van der Waals surface area contributed by atoms with Crippen molar-refractivity contribution >= 4 is 17.5 Å². The molecule has 0 N–H and O–H groups in total. The van der Waals surface area contributed by atoms with Crippen LogP contribution in [0.5, 0.6) is 6.01 Å². The SMILES string of the molecule is C=CCOc1nc(Cl)nc(N2CCCC2)n1. The van der Waals surface area contributed by atoms with Crippen LogP contribution >= 0.6 is 11.6 Å². The molecule has 2 rings (SSSR count). The van der Waals surface area contributed by atoms with Gasteiger partial charge in [-0.15, -0.1) is 0 Å². The van der Waals surface area contributed by atoms with Crippen LogP contribution in [-0.4, -0.2) is 34.6 Å². The van der Waals surface area contributed by atoms with Gasteiger partial charge in [-0.25, -0.2) is 0 Å². The van der Waals surface area contributed by atoms with Crippen molar-refractivity contribution in [1.29, 1.82) is 0 Å². The lowest BCUT2D eigenvalue weighted by molar-refractivity contribution is 0.332. The first-order chi connectivity index (χ1) is 7.79. The third-order valence-corrected chi connectivity index (χ3v) is 2.46. The van der Waals surface area contributed by atoms with Gasteiger partial charge < -0.3 is 9.64 Å². The fourth-order valence-corrected chi connectivity index (χ4v) is 1.73. The standard InChI is InChI=1S/C10H13ClN4O/c1-2-7-16-10-13-8(11)12-9(14-10)15-5-3-4-6-15/h2H,1,3-7H2. The van der Waals surface area contributed by atoms with Gasteiger partial charge in [0, 0.05) is 13.1 Å². The predicted octanol–water partition coefficient (Wildman–Crippen LogP) is 1.69. The van der Waals surface area contributed by atoms with E-state index in [9.17, 15) is 0 Å². The molecule has 5 nitrogen and oxygen atoms in total. The number of anilines is 1. The summed E-state index contributed by atoms with van der Waals surface area (Å²) in [6.45, 7) is 5.84. The summed E-state index contributed by atoms with van der Waals surface area (Å²) in [5.41, 5.74) is 0. The lowest BCUT2D eigenvalue weighted by Crippen LogP contribution is -2.21. The molecule has 0 bridgehead atoms. The summed E-state index contributed by atoms with van der Waals surface area (Å²) in [4.78, 5) is 14.3. The van der Waals surface area contributed by atoms with Crippen LogP contribution in [0.4, 0.5) is 5.95 Å². The Bertz CT molecular complexity index is 379. The van der Waals surface area contributed by atoms with Crippen molar-refractivity contribution < 1.29 is 4.74 Å². The summed E-state index contributed by atoms with van der Waals surface area (Å²) in [6.07, 6.45) is 3.95. The molecule has 0 spiro atoms. The first-order valence-corrected chi connectivity index (χ1v) is 5.57. The van der Waals surface area contributed by atoms with E-state index in [1.165, 1.54) is 0 Å². The molecule has 1 aromatic rings. The highest BCUT2D eigenvalue weighted by molar-refractivity contribution is 6.28.